The van der Waals surface area contributed by atoms with Crippen LogP contribution in [0.2, 0.25) is 0 Å². The van der Waals surface area contributed by atoms with E-state index >= 15 is 0 Å². The maximum Gasteiger partial charge on any atom is 0.261 e. The summed E-state index contributed by atoms with van der Waals surface area (Å²) in [6.45, 7) is 5.91. The zero-order valence-electron chi connectivity index (χ0n) is 13.8. The Morgan fingerprint density at radius 3 is 2.38 bits per heavy atom. The Hall–Kier alpha value is -2.34. The zero-order chi connectivity index (χ0) is 17.5. The summed E-state index contributed by atoms with van der Waals surface area (Å²) in [4.78, 5) is 11.9. The van der Waals surface area contributed by atoms with E-state index in [0.29, 0.717) is 11.6 Å². The minimum absolute atomic E-state index is 0.0747. The number of amides is 1. The van der Waals surface area contributed by atoms with Crippen LogP contribution in [0.5, 0.6) is 0 Å². The predicted octanol–water partition coefficient (Wildman–Crippen LogP) is 3.67. The Morgan fingerprint density at radius 2 is 1.75 bits per heavy atom. The molecule has 1 heterocycles. The van der Waals surface area contributed by atoms with Crippen molar-refractivity contribution < 1.29 is 13.2 Å². The molecule has 1 aliphatic heterocycles. The highest BCUT2D eigenvalue weighted by atomic mass is 32.2. The van der Waals surface area contributed by atoms with Gasteiger partial charge in [0, 0.05) is 11.4 Å². The molecule has 24 heavy (non-hydrogen) atoms. The van der Waals surface area contributed by atoms with Crippen LogP contribution in [-0.4, -0.2) is 14.3 Å². The number of rotatable bonds is 4. The summed E-state index contributed by atoms with van der Waals surface area (Å²) in [6.07, 6.45) is 0. The van der Waals surface area contributed by atoms with Crippen LogP contribution in [0.4, 0.5) is 11.4 Å². The van der Waals surface area contributed by atoms with Gasteiger partial charge in [0.1, 0.15) is 0 Å². The lowest BCUT2D eigenvalue weighted by Crippen LogP contribution is -2.13. The zero-order valence-corrected chi connectivity index (χ0v) is 14.6. The van der Waals surface area contributed by atoms with Gasteiger partial charge >= 0.3 is 0 Å². The summed E-state index contributed by atoms with van der Waals surface area (Å²) in [5, 5.41) is 2.77. The normalized spacial score (nSPS) is 16.8. The SMILES string of the molecule is CC(C)c1ccc(S(=O)(=O)Nc2ccc3c(c2)C(C)C(=O)N3)cc1. The summed E-state index contributed by atoms with van der Waals surface area (Å²) < 4.78 is 27.7. The second-order valence-corrected chi connectivity index (χ2v) is 8.02. The maximum absolute atomic E-state index is 12.5. The number of sulfonamides is 1. The molecule has 1 unspecified atom stereocenters. The number of benzene rings is 2. The van der Waals surface area contributed by atoms with Crippen LogP contribution in [-0.2, 0) is 14.8 Å². The third kappa shape index (κ3) is 3.01. The van der Waals surface area contributed by atoms with Crippen molar-refractivity contribution in [3.8, 4) is 0 Å². The van der Waals surface area contributed by atoms with E-state index in [4.69, 9.17) is 0 Å². The van der Waals surface area contributed by atoms with Gasteiger partial charge in [0.25, 0.3) is 10.0 Å². The van der Waals surface area contributed by atoms with Crippen LogP contribution in [0.1, 0.15) is 43.7 Å². The molecule has 5 nitrogen and oxygen atoms in total. The first-order valence-corrected chi connectivity index (χ1v) is 9.34. The fraction of sp³-hybridized carbons (Fsp3) is 0.278. The number of carbonyl (C=O) groups excluding carboxylic acids is 1. The summed E-state index contributed by atoms with van der Waals surface area (Å²) in [5.41, 5.74) is 3.07. The molecular formula is C18H20N2O3S. The molecule has 0 bridgehead atoms. The van der Waals surface area contributed by atoms with Crippen LogP contribution in [0, 0.1) is 0 Å². The molecule has 126 valence electrons. The molecule has 0 radical (unpaired) electrons. The van der Waals surface area contributed by atoms with Gasteiger partial charge < -0.3 is 5.32 Å². The molecule has 2 aromatic carbocycles. The lowest BCUT2D eigenvalue weighted by molar-refractivity contribution is -0.116. The quantitative estimate of drug-likeness (QED) is 0.888. The predicted molar refractivity (Wildman–Crippen MR) is 94.8 cm³/mol. The number of carbonyl (C=O) groups is 1. The van der Waals surface area contributed by atoms with Gasteiger partial charge in [-0.1, -0.05) is 26.0 Å². The van der Waals surface area contributed by atoms with Gasteiger partial charge in [-0.2, -0.15) is 0 Å². The van der Waals surface area contributed by atoms with Gasteiger partial charge in [0.2, 0.25) is 5.91 Å². The van der Waals surface area contributed by atoms with Crippen LogP contribution in [0.15, 0.2) is 47.4 Å². The first-order valence-electron chi connectivity index (χ1n) is 7.85. The number of fused-ring (bicyclic) bond motifs is 1. The maximum atomic E-state index is 12.5. The van der Waals surface area contributed by atoms with Crippen LogP contribution in [0.25, 0.3) is 0 Å². The molecule has 1 amide bonds. The third-order valence-electron chi connectivity index (χ3n) is 4.28. The van der Waals surface area contributed by atoms with Gasteiger partial charge in [-0.05, 0) is 54.3 Å². The first-order chi connectivity index (χ1) is 11.3. The van der Waals surface area contributed by atoms with Crippen molar-refractivity contribution >= 4 is 27.3 Å². The molecule has 2 aromatic rings. The lowest BCUT2D eigenvalue weighted by Gasteiger charge is -2.11. The monoisotopic (exact) mass is 344 g/mol. The Labute approximate surface area is 142 Å². The average Bonchev–Trinajstić information content (AvgIpc) is 2.82. The molecule has 0 spiro atoms. The molecule has 0 aromatic heterocycles. The van der Waals surface area contributed by atoms with Gasteiger partial charge in [-0.3, -0.25) is 9.52 Å². The summed E-state index contributed by atoms with van der Waals surface area (Å²) in [6, 6.07) is 11.9. The van der Waals surface area contributed by atoms with E-state index in [1.165, 1.54) is 0 Å². The second-order valence-electron chi connectivity index (χ2n) is 6.34. The minimum Gasteiger partial charge on any atom is -0.325 e. The van der Waals surface area contributed by atoms with Gasteiger partial charge in [-0.15, -0.1) is 0 Å². The van der Waals surface area contributed by atoms with E-state index in [1.54, 1.807) is 37.3 Å². The lowest BCUT2D eigenvalue weighted by atomic mass is 10.0. The molecule has 6 heteroatoms. The molecule has 0 saturated heterocycles. The van der Waals surface area contributed by atoms with Gasteiger partial charge in [0.05, 0.1) is 10.8 Å². The van der Waals surface area contributed by atoms with E-state index in [1.807, 2.05) is 12.1 Å². The van der Waals surface area contributed by atoms with Crippen LogP contribution >= 0.6 is 0 Å². The van der Waals surface area contributed by atoms with E-state index < -0.39 is 10.0 Å². The Balaban J connectivity index is 1.86. The fourth-order valence-corrected chi connectivity index (χ4v) is 3.78. The van der Waals surface area contributed by atoms with Gasteiger partial charge in [0.15, 0.2) is 0 Å². The van der Waals surface area contributed by atoms with Crippen molar-refractivity contribution in [3.63, 3.8) is 0 Å². The molecule has 0 aliphatic carbocycles. The number of hydrogen-bond donors (Lipinski definition) is 2. The van der Waals surface area contributed by atoms with Crippen LogP contribution in [0.3, 0.4) is 0 Å². The Bertz CT molecular complexity index is 887. The summed E-state index contributed by atoms with van der Waals surface area (Å²) in [7, 11) is -3.66. The Kier molecular flexibility index (Phi) is 4.09. The largest absolute Gasteiger partial charge is 0.325 e. The smallest absolute Gasteiger partial charge is 0.261 e. The third-order valence-corrected chi connectivity index (χ3v) is 5.68. The molecule has 0 fully saturated rings. The average molecular weight is 344 g/mol. The number of nitrogens with one attached hydrogen (secondary N) is 2. The molecule has 2 N–H and O–H groups in total. The highest BCUT2D eigenvalue weighted by molar-refractivity contribution is 7.92. The highest BCUT2D eigenvalue weighted by Gasteiger charge is 2.27. The molecule has 1 aliphatic rings. The van der Waals surface area contributed by atoms with Crippen molar-refractivity contribution in [1.29, 1.82) is 0 Å². The first kappa shape index (κ1) is 16.5. The van der Waals surface area contributed by atoms with E-state index in [2.05, 4.69) is 23.9 Å². The number of hydrogen-bond acceptors (Lipinski definition) is 3. The summed E-state index contributed by atoms with van der Waals surface area (Å²) in [5.74, 6) is -0.0120. The molecule has 0 saturated carbocycles. The van der Waals surface area contributed by atoms with Crippen molar-refractivity contribution in [1.82, 2.24) is 0 Å². The van der Waals surface area contributed by atoms with E-state index in [-0.39, 0.29) is 16.7 Å². The standard InChI is InChI=1S/C18H20N2O3S/c1-11(2)13-4-7-15(8-5-13)24(22,23)20-14-6-9-17-16(10-14)12(3)18(21)19-17/h4-12,20H,1-3H3,(H,19,21). The molecule has 3 rings (SSSR count). The fourth-order valence-electron chi connectivity index (χ4n) is 2.73. The number of anilines is 2. The van der Waals surface area contributed by atoms with Crippen molar-refractivity contribution in [2.45, 2.75) is 37.5 Å². The molecule has 1 atom stereocenters. The highest BCUT2D eigenvalue weighted by Crippen LogP contribution is 2.34. The van der Waals surface area contributed by atoms with Crippen molar-refractivity contribution in [3.05, 3.63) is 53.6 Å². The Morgan fingerprint density at radius 1 is 1.08 bits per heavy atom. The van der Waals surface area contributed by atoms with E-state index in [9.17, 15) is 13.2 Å². The second kappa shape index (κ2) is 5.94. The summed E-state index contributed by atoms with van der Waals surface area (Å²) >= 11 is 0. The topological polar surface area (TPSA) is 75.3 Å². The minimum atomic E-state index is -3.66. The van der Waals surface area contributed by atoms with Crippen molar-refractivity contribution in [2.24, 2.45) is 0 Å². The van der Waals surface area contributed by atoms with Crippen molar-refractivity contribution in [2.75, 3.05) is 10.0 Å². The van der Waals surface area contributed by atoms with E-state index in [0.717, 1.165) is 16.8 Å². The van der Waals surface area contributed by atoms with Crippen LogP contribution < -0.4 is 10.0 Å². The van der Waals surface area contributed by atoms with Gasteiger partial charge in [-0.25, -0.2) is 8.42 Å². The molecular weight excluding hydrogens is 324 g/mol.